The number of carbonyl (C=O) groups is 1. The Bertz CT molecular complexity index is 485. The molecule has 0 saturated heterocycles. The summed E-state index contributed by atoms with van der Waals surface area (Å²) in [7, 11) is 0. The van der Waals surface area contributed by atoms with Crippen molar-refractivity contribution < 1.29 is 4.79 Å². The van der Waals surface area contributed by atoms with Crippen LogP contribution in [0.3, 0.4) is 0 Å². The van der Waals surface area contributed by atoms with Gasteiger partial charge < -0.3 is 0 Å². The number of hydrogen-bond acceptors (Lipinski definition) is 3. The molecule has 4 heteroatoms. The third kappa shape index (κ3) is 1.79. The summed E-state index contributed by atoms with van der Waals surface area (Å²) in [6, 6.07) is 3.58. The lowest BCUT2D eigenvalue weighted by atomic mass is 10.2. The number of Topliss-reactive ketones (excluding diaryl/α,β-unsaturated/α-hetero) is 1. The van der Waals surface area contributed by atoms with Gasteiger partial charge in [-0.25, -0.2) is 9.97 Å². The number of aryl methyl sites for hydroxylation is 1. The molecule has 0 atom stereocenters. The minimum atomic E-state index is 0.0244. The number of ketones is 1. The Morgan fingerprint density at radius 3 is 2.60 bits per heavy atom. The monoisotopic (exact) mass is 201 g/mol. The minimum Gasteiger partial charge on any atom is -0.294 e. The number of nitrogens with zero attached hydrogens (tertiary/aromatic N) is 3. The van der Waals surface area contributed by atoms with Crippen LogP contribution in [0.4, 0.5) is 0 Å². The van der Waals surface area contributed by atoms with Gasteiger partial charge in [0.1, 0.15) is 11.6 Å². The lowest BCUT2D eigenvalue weighted by Gasteiger charge is -2.03. The Labute approximate surface area is 87.6 Å². The van der Waals surface area contributed by atoms with Crippen LogP contribution in [-0.4, -0.2) is 20.3 Å². The fourth-order valence-electron chi connectivity index (χ4n) is 1.36. The topological polar surface area (TPSA) is 47.8 Å². The number of rotatable bonds is 2. The Morgan fingerprint density at radius 2 is 2.13 bits per heavy atom. The molecule has 0 bridgehead atoms. The normalized spacial score (nSPS) is 10.3. The standard InChI is InChI=1S/C11H11N3O/c1-8(15)10-3-4-11(13-7-10)14-6-5-12-9(14)2/h3-7H,1-2H3. The SMILES string of the molecule is CC(=O)c1ccc(-n2ccnc2C)nc1. The molecule has 2 aromatic heterocycles. The first kappa shape index (κ1) is 9.58. The molecule has 2 aromatic rings. The fraction of sp³-hybridized carbons (Fsp3) is 0.182. The molecule has 0 N–H and O–H groups in total. The maximum atomic E-state index is 11.1. The van der Waals surface area contributed by atoms with Crippen LogP contribution in [0.5, 0.6) is 0 Å². The second kappa shape index (κ2) is 3.65. The van der Waals surface area contributed by atoms with E-state index in [1.165, 1.54) is 6.92 Å². The third-order valence-corrected chi connectivity index (χ3v) is 2.23. The van der Waals surface area contributed by atoms with E-state index in [4.69, 9.17) is 0 Å². The number of imidazole rings is 1. The molecular formula is C11H11N3O. The Hall–Kier alpha value is -1.97. The first-order valence-corrected chi connectivity index (χ1v) is 4.66. The van der Waals surface area contributed by atoms with Crippen LogP contribution in [0, 0.1) is 6.92 Å². The van der Waals surface area contributed by atoms with Crippen molar-refractivity contribution in [3.05, 3.63) is 42.1 Å². The molecule has 0 amide bonds. The van der Waals surface area contributed by atoms with Crippen molar-refractivity contribution in [1.29, 1.82) is 0 Å². The molecule has 0 spiro atoms. The molecule has 15 heavy (non-hydrogen) atoms. The summed E-state index contributed by atoms with van der Waals surface area (Å²) >= 11 is 0. The molecule has 2 rings (SSSR count). The van der Waals surface area contributed by atoms with E-state index >= 15 is 0 Å². The molecular weight excluding hydrogens is 190 g/mol. The highest BCUT2D eigenvalue weighted by atomic mass is 16.1. The average molecular weight is 201 g/mol. The molecule has 0 unspecified atom stereocenters. The van der Waals surface area contributed by atoms with Gasteiger partial charge in [-0.1, -0.05) is 0 Å². The van der Waals surface area contributed by atoms with E-state index in [-0.39, 0.29) is 5.78 Å². The number of carbonyl (C=O) groups excluding carboxylic acids is 1. The van der Waals surface area contributed by atoms with Crippen LogP contribution >= 0.6 is 0 Å². The van der Waals surface area contributed by atoms with Gasteiger partial charge in [0.2, 0.25) is 0 Å². The van der Waals surface area contributed by atoms with Crippen LogP contribution in [0.1, 0.15) is 23.1 Å². The van der Waals surface area contributed by atoms with Gasteiger partial charge in [-0.2, -0.15) is 0 Å². The Kier molecular flexibility index (Phi) is 2.33. The van der Waals surface area contributed by atoms with E-state index in [0.717, 1.165) is 11.6 Å². The molecule has 0 aromatic carbocycles. The van der Waals surface area contributed by atoms with Crippen LogP contribution in [0.2, 0.25) is 0 Å². The van der Waals surface area contributed by atoms with E-state index in [0.29, 0.717) is 5.56 Å². The zero-order valence-electron chi connectivity index (χ0n) is 8.64. The zero-order valence-corrected chi connectivity index (χ0v) is 8.64. The van der Waals surface area contributed by atoms with Crippen LogP contribution in [0.15, 0.2) is 30.7 Å². The first-order valence-electron chi connectivity index (χ1n) is 4.66. The van der Waals surface area contributed by atoms with Crippen LogP contribution in [-0.2, 0) is 0 Å². The zero-order chi connectivity index (χ0) is 10.8. The van der Waals surface area contributed by atoms with Gasteiger partial charge in [-0.05, 0) is 26.0 Å². The maximum Gasteiger partial charge on any atom is 0.161 e. The predicted molar refractivity (Wildman–Crippen MR) is 56.1 cm³/mol. The summed E-state index contributed by atoms with van der Waals surface area (Å²) in [4.78, 5) is 19.4. The van der Waals surface area contributed by atoms with Crippen molar-refractivity contribution in [3.8, 4) is 5.82 Å². The van der Waals surface area contributed by atoms with Crippen LogP contribution in [0.25, 0.3) is 5.82 Å². The molecule has 2 heterocycles. The smallest absolute Gasteiger partial charge is 0.161 e. The number of pyridine rings is 1. The molecule has 0 aliphatic carbocycles. The van der Waals surface area contributed by atoms with Crippen molar-refractivity contribution in [2.75, 3.05) is 0 Å². The maximum absolute atomic E-state index is 11.1. The summed E-state index contributed by atoms with van der Waals surface area (Å²) in [5, 5.41) is 0. The summed E-state index contributed by atoms with van der Waals surface area (Å²) in [5.74, 6) is 1.67. The second-order valence-corrected chi connectivity index (χ2v) is 3.31. The van der Waals surface area contributed by atoms with E-state index in [1.807, 2.05) is 23.8 Å². The third-order valence-electron chi connectivity index (χ3n) is 2.23. The quantitative estimate of drug-likeness (QED) is 0.696. The Morgan fingerprint density at radius 1 is 1.33 bits per heavy atom. The lowest BCUT2D eigenvalue weighted by molar-refractivity contribution is 0.101. The predicted octanol–water partition coefficient (Wildman–Crippen LogP) is 1.78. The summed E-state index contributed by atoms with van der Waals surface area (Å²) in [6.45, 7) is 3.43. The molecule has 0 fully saturated rings. The van der Waals surface area contributed by atoms with Gasteiger partial charge >= 0.3 is 0 Å². The molecule has 4 nitrogen and oxygen atoms in total. The summed E-state index contributed by atoms with van der Waals surface area (Å²) in [5.41, 5.74) is 0.622. The van der Waals surface area contributed by atoms with Crippen molar-refractivity contribution in [1.82, 2.24) is 14.5 Å². The average Bonchev–Trinajstić information content (AvgIpc) is 2.65. The van der Waals surface area contributed by atoms with Crippen molar-refractivity contribution in [2.45, 2.75) is 13.8 Å². The van der Waals surface area contributed by atoms with E-state index in [9.17, 15) is 4.79 Å². The van der Waals surface area contributed by atoms with E-state index in [1.54, 1.807) is 18.5 Å². The molecule has 0 saturated carbocycles. The number of aromatic nitrogens is 3. The largest absolute Gasteiger partial charge is 0.294 e. The molecule has 0 aliphatic heterocycles. The highest BCUT2D eigenvalue weighted by Crippen LogP contribution is 2.08. The van der Waals surface area contributed by atoms with Gasteiger partial charge in [-0.15, -0.1) is 0 Å². The highest BCUT2D eigenvalue weighted by Gasteiger charge is 2.03. The molecule has 0 radical (unpaired) electrons. The number of hydrogen-bond donors (Lipinski definition) is 0. The van der Waals surface area contributed by atoms with E-state index in [2.05, 4.69) is 9.97 Å². The van der Waals surface area contributed by atoms with Crippen molar-refractivity contribution in [3.63, 3.8) is 0 Å². The Balaban J connectivity index is 2.40. The van der Waals surface area contributed by atoms with Gasteiger partial charge in [0.15, 0.2) is 5.78 Å². The second-order valence-electron chi connectivity index (χ2n) is 3.31. The van der Waals surface area contributed by atoms with Gasteiger partial charge in [0.05, 0.1) is 0 Å². The molecule has 0 aliphatic rings. The molecule has 76 valence electrons. The van der Waals surface area contributed by atoms with Crippen molar-refractivity contribution >= 4 is 5.78 Å². The van der Waals surface area contributed by atoms with Crippen molar-refractivity contribution in [2.24, 2.45) is 0 Å². The summed E-state index contributed by atoms with van der Waals surface area (Å²) < 4.78 is 1.86. The summed E-state index contributed by atoms with van der Waals surface area (Å²) in [6.07, 6.45) is 5.14. The first-order chi connectivity index (χ1) is 7.18. The van der Waals surface area contributed by atoms with Gasteiger partial charge in [0, 0.05) is 24.2 Å². The van der Waals surface area contributed by atoms with E-state index < -0.39 is 0 Å². The van der Waals surface area contributed by atoms with Gasteiger partial charge in [-0.3, -0.25) is 9.36 Å². The fourth-order valence-corrected chi connectivity index (χ4v) is 1.36. The lowest BCUT2D eigenvalue weighted by Crippen LogP contribution is -2.00. The van der Waals surface area contributed by atoms with Gasteiger partial charge in [0.25, 0.3) is 0 Å². The highest BCUT2D eigenvalue weighted by molar-refractivity contribution is 5.93. The van der Waals surface area contributed by atoms with Crippen LogP contribution < -0.4 is 0 Å². The minimum absolute atomic E-state index is 0.0244.